The van der Waals surface area contributed by atoms with Crippen molar-refractivity contribution in [3.63, 3.8) is 0 Å². The van der Waals surface area contributed by atoms with Gasteiger partial charge in [-0.1, -0.05) is 36.4 Å². The third-order valence-electron chi connectivity index (χ3n) is 4.53. The van der Waals surface area contributed by atoms with Crippen molar-refractivity contribution in [2.75, 3.05) is 25.2 Å². The predicted molar refractivity (Wildman–Crippen MR) is 111 cm³/mol. The number of hydrogen-bond acceptors (Lipinski definition) is 6. The summed E-state index contributed by atoms with van der Waals surface area (Å²) in [5, 5.41) is 10.4. The highest BCUT2D eigenvalue weighted by molar-refractivity contribution is 5.74. The van der Waals surface area contributed by atoms with Crippen LogP contribution in [0.4, 0.5) is 5.95 Å². The highest BCUT2D eigenvalue weighted by Crippen LogP contribution is 2.20. The van der Waals surface area contributed by atoms with E-state index >= 15 is 0 Å². The molecule has 0 aliphatic carbocycles. The molecule has 0 saturated carbocycles. The van der Waals surface area contributed by atoms with E-state index in [0.717, 1.165) is 5.56 Å². The average Bonchev–Trinajstić information content (AvgIpc) is 3.07. The molecule has 29 heavy (non-hydrogen) atoms. The number of anilines is 1. The van der Waals surface area contributed by atoms with E-state index in [2.05, 4.69) is 16.5 Å². The number of rotatable bonds is 9. The molecule has 2 N–H and O–H groups in total. The Morgan fingerprint density at radius 2 is 2.07 bits per heavy atom. The van der Waals surface area contributed by atoms with Gasteiger partial charge in [0.05, 0.1) is 25.9 Å². The first-order chi connectivity index (χ1) is 13.9. The van der Waals surface area contributed by atoms with Crippen LogP contribution in [0.2, 0.25) is 0 Å². The maximum atomic E-state index is 12.5. The van der Waals surface area contributed by atoms with Crippen molar-refractivity contribution in [3.05, 3.63) is 69.4 Å². The number of aliphatic hydroxyl groups excluding tert-OH is 1. The monoisotopic (exact) mass is 399 g/mol. The summed E-state index contributed by atoms with van der Waals surface area (Å²) in [6, 6.07) is 9.81. The van der Waals surface area contributed by atoms with Gasteiger partial charge in [-0.15, -0.1) is 6.58 Å². The minimum absolute atomic E-state index is 0.0806. The second kappa shape index (κ2) is 8.89. The van der Waals surface area contributed by atoms with Crippen LogP contribution < -0.4 is 16.1 Å². The second-order valence-corrected chi connectivity index (χ2v) is 6.83. The Bertz CT molecular complexity index is 1100. The molecule has 0 aliphatic heterocycles. The fourth-order valence-corrected chi connectivity index (χ4v) is 3.17. The van der Waals surface area contributed by atoms with E-state index < -0.39 is 17.4 Å². The molecule has 0 amide bonds. The summed E-state index contributed by atoms with van der Waals surface area (Å²) < 4.78 is 8.23. The van der Waals surface area contributed by atoms with Gasteiger partial charge in [-0.2, -0.15) is 4.98 Å². The fourth-order valence-electron chi connectivity index (χ4n) is 3.17. The highest BCUT2D eigenvalue weighted by Gasteiger charge is 2.22. The van der Waals surface area contributed by atoms with E-state index in [-0.39, 0.29) is 24.3 Å². The van der Waals surface area contributed by atoms with Crippen LogP contribution >= 0.6 is 0 Å². The van der Waals surface area contributed by atoms with Gasteiger partial charge in [0.1, 0.15) is 0 Å². The summed E-state index contributed by atoms with van der Waals surface area (Å²) in [6.45, 7) is 4.60. The molecule has 3 aromatic rings. The molecule has 2 heterocycles. The molecular formula is C20H25N5O4. The SMILES string of the molecule is C=CCOC[C@H](O)Cn1c(N(C)Cc2ccccc2)nc2c1c(=O)[nH]c(=O)n2C. The number of aryl methyl sites for hydroxylation is 1. The Balaban J connectivity index is 2.03. The molecule has 2 aromatic heterocycles. The molecule has 154 valence electrons. The van der Waals surface area contributed by atoms with Crippen LogP contribution in [-0.4, -0.2) is 50.6 Å². The average molecular weight is 399 g/mol. The van der Waals surface area contributed by atoms with Crippen LogP contribution in [0.3, 0.4) is 0 Å². The molecule has 9 nitrogen and oxygen atoms in total. The van der Waals surface area contributed by atoms with Crippen molar-refractivity contribution < 1.29 is 9.84 Å². The number of nitrogens with one attached hydrogen (secondary N) is 1. The largest absolute Gasteiger partial charge is 0.389 e. The van der Waals surface area contributed by atoms with Gasteiger partial charge in [0.25, 0.3) is 5.56 Å². The summed E-state index contributed by atoms with van der Waals surface area (Å²) in [5.41, 5.74) is 0.456. The molecular weight excluding hydrogens is 374 g/mol. The van der Waals surface area contributed by atoms with E-state index in [0.29, 0.717) is 19.1 Å². The van der Waals surface area contributed by atoms with Gasteiger partial charge in [-0.05, 0) is 5.56 Å². The highest BCUT2D eigenvalue weighted by atomic mass is 16.5. The molecule has 0 unspecified atom stereocenters. The van der Waals surface area contributed by atoms with Gasteiger partial charge in [0.15, 0.2) is 11.2 Å². The van der Waals surface area contributed by atoms with Gasteiger partial charge in [0, 0.05) is 20.6 Å². The molecule has 0 saturated heterocycles. The van der Waals surface area contributed by atoms with E-state index in [4.69, 9.17) is 4.74 Å². The minimum Gasteiger partial charge on any atom is -0.389 e. The molecule has 0 fully saturated rings. The van der Waals surface area contributed by atoms with Crippen LogP contribution in [0, 0.1) is 0 Å². The van der Waals surface area contributed by atoms with Crippen molar-refractivity contribution in [1.82, 2.24) is 19.1 Å². The smallest absolute Gasteiger partial charge is 0.329 e. The number of ether oxygens (including phenoxy) is 1. The van der Waals surface area contributed by atoms with Gasteiger partial charge in [-0.25, -0.2) is 4.79 Å². The lowest BCUT2D eigenvalue weighted by Crippen LogP contribution is -2.31. The number of nitrogens with zero attached hydrogens (tertiary/aromatic N) is 4. The predicted octanol–water partition coefficient (Wildman–Crippen LogP) is 0.623. The van der Waals surface area contributed by atoms with Crippen LogP contribution in [0.1, 0.15) is 5.56 Å². The molecule has 0 aliphatic rings. The van der Waals surface area contributed by atoms with Crippen LogP contribution in [0.15, 0.2) is 52.6 Å². The van der Waals surface area contributed by atoms with Gasteiger partial charge < -0.3 is 19.3 Å². The van der Waals surface area contributed by atoms with Crippen LogP contribution in [0.5, 0.6) is 0 Å². The van der Waals surface area contributed by atoms with Gasteiger partial charge in [0.2, 0.25) is 5.95 Å². The van der Waals surface area contributed by atoms with E-state index in [1.807, 2.05) is 42.3 Å². The Morgan fingerprint density at radius 3 is 2.76 bits per heavy atom. The van der Waals surface area contributed by atoms with Crippen molar-refractivity contribution >= 4 is 17.1 Å². The molecule has 0 radical (unpaired) electrons. The Hall–Kier alpha value is -3.17. The van der Waals surface area contributed by atoms with Crippen molar-refractivity contribution in [3.8, 4) is 0 Å². The zero-order chi connectivity index (χ0) is 21.0. The Labute approximate surface area is 167 Å². The summed E-state index contributed by atoms with van der Waals surface area (Å²) in [7, 11) is 3.39. The van der Waals surface area contributed by atoms with E-state index in [1.54, 1.807) is 17.7 Å². The molecule has 9 heteroatoms. The number of aliphatic hydroxyl groups is 1. The second-order valence-electron chi connectivity index (χ2n) is 6.83. The quantitative estimate of drug-likeness (QED) is 0.404. The topological polar surface area (TPSA) is 105 Å². The summed E-state index contributed by atoms with van der Waals surface area (Å²) >= 11 is 0. The molecule has 1 aromatic carbocycles. The van der Waals surface area contributed by atoms with Crippen molar-refractivity contribution in [1.29, 1.82) is 0 Å². The zero-order valence-corrected chi connectivity index (χ0v) is 16.5. The van der Waals surface area contributed by atoms with Crippen molar-refractivity contribution in [2.24, 2.45) is 7.05 Å². The van der Waals surface area contributed by atoms with Crippen LogP contribution in [0.25, 0.3) is 11.2 Å². The first kappa shape index (κ1) is 20.6. The Kier molecular flexibility index (Phi) is 6.30. The summed E-state index contributed by atoms with van der Waals surface area (Å²) in [4.78, 5) is 33.2. The lowest BCUT2D eigenvalue weighted by molar-refractivity contribution is 0.0404. The standard InChI is InChI=1S/C20H25N5O4/c1-4-10-29-13-15(26)12-25-16-17(24(3)20(28)22-18(16)27)21-19(25)23(2)11-14-8-6-5-7-9-14/h4-9,15,26H,1,10-13H2,2-3H3,(H,22,27,28)/t15-/m1/s1. The normalized spacial score (nSPS) is 12.2. The van der Waals surface area contributed by atoms with E-state index in [1.165, 1.54) is 4.57 Å². The fraction of sp³-hybridized carbons (Fsp3) is 0.350. The number of fused-ring (bicyclic) bond motifs is 1. The number of aromatic nitrogens is 4. The van der Waals surface area contributed by atoms with Gasteiger partial charge in [-0.3, -0.25) is 14.3 Å². The number of aromatic amines is 1. The molecule has 1 atom stereocenters. The van der Waals surface area contributed by atoms with E-state index in [9.17, 15) is 14.7 Å². The Morgan fingerprint density at radius 1 is 1.34 bits per heavy atom. The first-order valence-corrected chi connectivity index (χ1v) is 9.23. The molecule has 0 spiro atoms. The molecule has 0 bridgehead atoms. The minimum atomic E-state index is -0.868. The van der Waals surface area contributed by atoms with Gasteiger partial charge >= 0.3 is 5.69 Å². The third-order valence-corrected chi connectivity index (χ3v) is 4.53. The lowest BCUT2D eigenvalue weighted by Gasteiger charge is -2.21. The summed E-state index contributed by atoms with van der Waals surface area (Å²) in [5.74, 6) is 0.471. The summed E-state index contributed by atoms with van der Waals surface area (Å²) in [6.07, 6.45) is 0.728. The van der Waals surface area contributed by atoms with Crippen LogP contribution in [-0.2, 0) is 24.9 Å². The number of imidazole rings is 1. The third kappa shape index (κ3) is 4.47. The number of H-pyrrole nitrogens is 1. The van der Waals surface area contributed by atoms with Crippen molar-refractivity contribution in [2.45, 2.75) is 19.2 Å². The maximum Gasteiger partial charge on any atom is 0.329 e. The zero-order valence-electron chi connectivity index (χ0n) is 16.5. The number of hydrogen-bond donors (Lipinski definition) is 2. The first-order valence-electron chi connectivity index (χ1n) is 9.23. The number of benzene rings is 1. The lowest BCUT2D eigenvalue weighted by atomic mass is 10.2. The molecule has 3 rings (SSSR count). The maximum absolute atomic E-state index is 12.5.